The third kappa shape index (κ3) is 4.00. The first-order valence-corrected chi connectivity index (χ1v) is 7.98. The van der Waals surface area contributed by atoms with Crippen LogP contribution in [0.5, 0.6) is 0 Å². The molecule has 1 unspecified atom stereocenters. The van der Waals surface area contributed by atoms with Crippen LogP contribution in [0.3, 0.4) is 0 Å². The number of benzene rings is 1. The monoisotopic (exact) mass is 293 g/mol. The Morgan fingerprint density at radius 2 is 2.05 bits per heavy atom. The number of aliphatic carboxylic acids is 1. The quantitative estimate of drug-likeness (QED) is 0.815. The van der Waals surface area contributed by atoms with Gasteiger partial charge < -0.3 is 10.0 Å². The van der Waals surface area contributed by atoms with E-state index in [0.29, 0.717) is 18.7 Å². The van der Waals surface area contributed by atoms with Gasteiger partial charge in [-0.2, -0.15) is 11.8 Å². The van der Waals surface area contributed by atoms with E-state index in [9.17, 15) is 9.59 Å². The molecule has 0 spiro atoms. The number of thioether (sulfide) groups is 1. The number of aryl methyl sites for hydroxylation is 1. The first-order valence-electron chi connectivity index (χ1n) is 6.82. The highest BCUT2D eigenvalue weighted by molar-refractivity contribution is 7.99. The summed E-state index contributed by atoms with van der Waals surface area (Å²) in [4.78, 5) is 24.6. The van der Waals surface area contributed by atoms with Gasteiger partial charge in [-0.3, -0.25) is 4.79 Å². The minimum absolute atomic E-state index is 0.0482. The Morgan fingerprint density at radius 3 is 2.75 bits per heavy atom. The van der Waals surface area contributed by atoms with Gasteiger partial charge >= 0.3 is 5.97 Å². The molecule has 0 saturated carbocycles. The zero-order valence-corrected chi connectivity index (χ0v) is 12.1. The molecule has 1 aliphatic heterocycles. The van der Waals surface area contributed by atoms with E-state index < -0.39 is 12.0 Å². The van der Waals surface area contributed by atoms with Crippen LogP contribution in [0, 0.1) is 0 Å². The van der Waals surface area contributed by atoms with Crippen molar-refractivity contribution in [2.75, 3.05) is 18.1 Å². The lowest BCUT2D eigenvalue weighted by molar-refractivity contribution is -0.147. The van der Waals surface area contributed by atoms with Crippen LogP contribution in [0.25, 0.3) is 0 Å². The molecule has 108 valence electrons. The van der Waals surface area contributed by atoms with Crippen molar-refractivity contribution in [2.24, 2.45) is 0 Å². The maximum absolute atomic E-state index is 12.0. The SMILES string of the molecule is O=C(O)C1CCCN1C(=O)CSCCc1ccccc1. The van der Waals surface area contributed by atoms with Crippen LogP contribution in [0.15, 0.2) is 30.3 Å². The Kier molecular flexibility index (Phi) is 5.47. The number of carbonyl (C=O) groups is 2. The van der Waals surface area contributed by atoms with Crippen molar-refractivity contribution in [3.05, 3.63) is 35.9 Å². The summed E-state index contributed by atoms with van der Waals surface area (Å²) in [5.41, 5.74) is 1.26. The fourth-order valence-corrected chi connectivity index (χ4v) is 3.26. The molecular formula is C15H19NO3S. The van der Waals surface area contributed by atoms with Crippen molar-refractivity contribution in [3.8, 4) is 0 Å². The molecule has 4 nitrogen and oxygen atoms in total. The molecule has 1 heterocycles. The predicted molar refractivity (Wildman–Crippen MR) is 79.8 cm³/mol. The van der Waals surface area contributed by atoms with Gasteiger partial charge in [0.15, 0.2) is 0 Å². The van der Waals surface area contributed by atoms with Gasteiger partial charge in [-0.1, -0.05) is 30.3 Å². The molecule has 0 radical (unpaired) electrons. The molecule has 1 aromatic rings. The van der Waals surface area contributed by atoms with E-state index >= 15 is 0 Å². The van der Waals surface area contributed by atoms with Gasteiger partial charge in [0.1, 0.15) is 6.04 Å². The van der Waals surface area contributed by atoms with Gasteiger partial charge in [0.25, 0.3) is 0 Å². The highest BCUT2D eigenvalue weighted by atomic mass is 32.2. The van der Waals surface area contributed by atoms with Gasteiger partial charge in [-0.05, 0) is 30.6 Å². The molecule has 2 rings (SSSR count). The van der Waals surface area contributed by atoms with Crippen LogP contribution in [0.4, 0.5) is 0 Å². The normalized spacial score (nSPS) is 18.2. The van der Waals surface area contributed by atoms with E-state index in [-0.39, 0.29) is 5.91 Å². The average molecular weight is 293 g/mol. The van der Waals surface area contributed by atoms with E-state index in [1.807, 2.05) is 18.2 Å². The zero-order valence-electron chi connectivity index (χ0n) is 11.3. The summed E-state index contributed by atoms with van der Waals surface area (Å²) in [5.74, 6) is 0.316. The number of carbonyl (C=O) groups excluding carboxylic acids is 1. The Hall–Kier alpha value is -1.49. The van der Waals surface area contributed by atoms with Crippen LogP contribution in [0.1, 0.15) is 18.4 Å². The summed E-state index contributed by atoms with van der Waals surface area (Å²) in [5, 5.41) is 9.05. The second kappa shape index (κ2) is 7.33. The van der Waals surface area contributed by atoms with Gasteiger partial charge in [-0.15, -0.1) is 0 Å². The molecule has 1 atom stereocenters. The molecule has 0 bridgehead atoms. The van der Waals surface area contributed by atoms with Crippen molar-refractivity contribution >= 4 is 23.6 Å². The summed E-state index contributed by atoms with van der Waals surface area (Å²) in [6.07, 6.45) is 2.30. The first kappa shape index (κ1) is 14.9. The Balaban J connectivity index is 1.71. The number of carboxylic acids is 1. The molecule has 1 amide bonds. The summed E-state index contributed by atoms with van der Waals surface area (Å²) in [6, 6.07) is 9.53. The molecule has 1 fully saturated rings. The fraction of sp³-hybridized carbons (Fsp3) is 0.467. The lowest BCUT2D eigenvalue weighted by atomic mass is 10.2. The highest BCUT2D eigenvalue weighted by Crippen LogP contribution is 2.19. The summed E-state index contributed by atoms with van der Waals surface area (Å²) < 4.78 is 0. The highest BCUT2D eigenvalue weighted by Gasteiger charge is 2.33. The maximum Gasteiger partial charge on any atom is 0.326 e. The number of amides is 1. The lowest BCUT2D eigenvalue weighted by Crippen LogP contribution is -2.41. The standard InChI is InChI=1S/C15H19NO3S/c17-14(16-9-4-7-13(16)15(18)19)11-20-10-8-12-5-2-1-3-6-12/h1-3,5-6,13H,4,7-11H2,(H,18,19). The molecule has 1 saturated heterocycles. The van der Waals surface area contributed by atoms with Crippen LogP contribution in [-0.2, 0) is 16.0 Å². The van der Waals surface area contributed by atoms with E-state index in [1.54, 1.807) is 11.8 Å². The van der Waals surface area contributed by atoms with Gasteiger partial charge in [0.2, 0.25) is 5.91 Å². The minimum Gasteiger partial charge on any atom is -0.480 e. The maximum atomic E-state index is 12.0. The number of rotatable bonds is 6. The lowest BCUT2D eigenvalue weighted by Gasteiger charge is -2.21. The smallest absolute Gasteiger partial charge is 0.326 e. The van der Waals surface area contributed by atoms with Gasteiger partial charge in [0.05, 0.1) is 5.75 Å². The van der Waals surface area contributed by atoms with E-state index in [4.69, 9.17) is 5.11 Å². The van der Waals surface area contributed by atoms with Crippen molar-refractivity contribution in [1.29, 1.82) is 0 Å². The molecule has 1 aromatic carbocycles. The molecule has 1 N–H and O–H groups in total. The second-order valence-electron chi connectivity index (χ2n) is 4.87. The molecular weight excluding hydrogens is 274 g/mol. The van der Waals surface area contributed by atoms with Crippen molar-refractivity contribution in [3.63, 3.8) is 0 Å². The van der Waals surface area contributed by atoms with Crippen LogP contribution < -0.4 is 0 Å². The summed E-state index contributed by atoms with van der Waals surface area (Å²) in [6.45, 7) is 0.578. The number of hydrogen-bond acceptors (Lipinski definition) is 3. The van der Waals surface area contributed by atoms with Crippen LogP contribution >= 0.6 is 11.8 Å². The van der Waals surface area contributed by atoms with E-state index in [0.717, 1.165) is 18.6 Å². The van der Waals surface area contributed by atoms with Crippen molar-refractivity contribution in [1.82, 2.24) is 4.90 Å². The molecule has 5 heteroatoms. The number of carboxylic acid groups (broad SMARTS) is 1. The zero-order chi connectivity index (χ0) is 14.4. The molecule has 1 aliphatic rings. The van der Waals surface area contributed by atoms with Crippen molar-refractivity contribution in [2.45, 2.75) is 25.3 Å². The molecule has 20 heavy (non-hydrogen) atoms. The largest absolute Gasteiger partial charge is 0.480 e. The third-order valence-electron chi connectivity index (χ3n) is 3.46. The van der Waals surface area contributed by atoms with Crippen LogP contribution in [-0.4, -0.2) is 46.0 Å². The Bertz CT molecular complexity index is 463. The molecule has 0 aliphatic carbocycles. The van der Waals surface area contributed by atoms with Crippen LogP contribution in [0.2, 0.25) is 0 Å². The molecule has 0 aromatic heterocycles. The summed E-state index contributed by atoms with van der Waals surface area (Å²) >= 11 is 1.57. The number of likely N-dealkylation sites (tertiary alicyclic amines) is 1. The number of hydrogen-bond donors (Lipinski definition) is 1. The second-order valence-corrected chi connectivity index (χ2v) is 5.98. The Morgan fingerprint density at radius 1 is 1.30 bits per heavy atom. The van der Waals surface area contributed by atoms with Gasteiger partial charge in [0, 0.05) is 6.54 Å². The van der Waals surface area contributed by atoms with Gasteiger partial charge in [-0.25, -0.2) is 4.79 Å². The topological polar surface area (TPSA) is 57.6 Å². The minimum atomic E-state index is -0.884. The average Bonchev–Trinajstić information content (AvgIpc) is 2.94. The fourth-order valence-electron chi connectivity index (χ4n) is 2.40. The number of nitrogens with zero attached hydrogens (tertiary/aromatic N) is 1. The Labute approximate surface area is 123 Å². The third-order valence-corrected chi connectivity index (χ3v) is 4.41. The first-order chi connectivity index (χ1) is 9.68. The predicted octanol–water partition coefficient (Wildman–Crippen LogP) is 2.04. The van der Waals surface area contributed by atoms with Crippen molar-refractivity contribution < 1.29 is 14.7 Å². The van der Waals surface area contributed by atoms with E-state index in [2.05, 4.69) is 12.1 Å². The van der Waals surface area contributed by atoms with E-state index in [1.165, 1.54) is 10.5 Å². The summed E-state index contributed by atoms with van der Waals surface area (Å²) in [7, 11) is 0.